The van der Waals surface area contributed by atoms with Crippen LogP contribution in [-0.2, 0) is 22.4 Å². The number of carboxylic acid groups (broad SMARTS) is 2. The number of carboxylic acids is 2. The molecule has 0 saturated carbocycles. The zero-order valence-corrected chi connectivity index (χ0v) is 11.8. The van der Waals surface area contributed by atoms with E-state index in [1.165, 1.54) is 11.1 Å². The Hall–Kier alpha value is -2.34. The monoisotopic (exact) mass is 293 g/mol. The quantitative estimate of drug-likeness (QED) is 0.722. The van der Waals surface area contributed by atoms with Crippen LogP contribution in [0.15, 0.2) is 30.4 Å². The number of rotatable bonds is 3. The highest BCUT2D eigenvalue weighted by atomic mass is 16.5. The van der Waals surface area contributed by atoms with Crippen LogP contribution in [0.1, 0.15) is 11.1 Å². The standard InChI is InChI=1S/C11H15NO.C4H4O4/c1-13-11-4-2-3-9-5-7-12-8-6-10(9)11;5-3(6)1-2-4(7)8/h2-4,12H,5-8H2,1H3;1-2H,(H,5,6)(H,7,8). The first-order chi connectivity index (χ1) is 10.0. The molecule has 1 aromatic rings. The van der Waals surface area contributed by atoms with Gasteiger partial charge in [0.05, 0.1) is 7.11 Å². The molecule has 1 aliphatic heterocycles. The summed E-state index contributed by atoms with van der Waals surface area (Å²) in [6.07, 6.45) is 3.32. The molecule has 0 atom stereocenters. The van der Waals surface area contributed by atoms with Crippen LogP contribution >= 0.6 is 0 Å². The second kappa shape index (κ2) is 8.76. The molecule has 3 N–H and O–H groups in total. The lowest BCUT2D eigenvalue weighted by molar-refractivity contribution is -0.134. The zero-order chi connectivity index (χ0) is 15.7. The van der Waals surface area contributed by atoms with E-state index in [4.69, 9.17) is 14.9 Å². The Morgan fingerprint density at radius 3 is 2.33 bits per heavy atom. The van der Waals surface area contributed by atoms with E-state index in [9.17, 15) is 9.59 Å². The SMILES string of the molecule is COc1cccc2c1CCNCC2.O=C(O)C=CC(=O)O. The maximum absolute atomic E-state index is 9.55. The average molecular weight is 293 g/mol. The molecule has 1 heterocycles. The summed E-state index contributed by atoms with van der Waals surface area (Å²) >= 11 is 0. The van der Waals surface area contributed by atoms with E-state index in [0.717, 1.165) is 31.7 Å². The number of hydrogen-bond donors (Lipinski definition) is 3. The van der Waals surface area contributed by atoms with Gasteiger partial charge in [-0.25, -0.2) is 9.59 Å². The van der Waals surface area contributed by atoms with Gasteiger partial charge in [0.2, 0.25) is 0 Å². The molecule has 114 valence electrons. The molecule has 0 aliphatic carbocycles. The molecule has 0 fully saturated rings. The van der Waals surface area contributed by atoms with Gasteiger partial charge in [-0.3, -0.25) is 0 Å². The first-order valence-corrected chi connectivity index (χ1v) is 6.54. The number of fused-ring (bicyclic) bond motifs is 1. The molecule has 21 heavy (non-hydrogen) atoms. The van der Waals surface area contributed by atoms with Gasteiger partial charge >= 0.3 is 11.9 Å². The van der Waals surface area contributed by atoms with Crippen molar-refractivity contribution in [3.05, 3.63) is 41.5 Å². The van der Waals surface area contributed by atoms with E-state index >= 15 is 0 Å². The van der Waals surface area contributed by atoms with Crippen molar-refractivity contribution in [3.63, 3.8) is 0 Å². The van der Waals surface area contributed by atoms with Gasteiger partial charge in [-0.05, 0) is 43.1 Å². The van der Waals surface area contributed by atoms with Crippen molar-refractivity contribution in [1.29, 1.82) is 0 Å². The van der Waals surface area contributed by atoms with Crippen molar-refractivity contribution < 1.29 is 24.5 Å². The van der Waals surface area contributed by atoms with Crippen molar-refractivity contribution in [1.82, 2.24) is 5.32 Å². The smallest absolute Gasteiger partial charge is 0.328 e. The largest absolute Gasteiger partial charge is 0.496 e. The lowest BCUT2D eigenvalue weighted by atomic mass is 10.0. The summed E-state index contributed by atoms with van der Waals surface area (Å²) in [4.78, 5) is 19.1. The molecule has 0 amide bonds. The lowest BCUT2D eigenvalue weighted by Gasteiger charge is -2.09. The number of benzene rings is 1. The van der Waals surface area contributed by atoms with Gasteiger partial charge in [-0.15, -0.1) is 0 Å². The van der Waals surface area contributed by atoms with Crippen LogP contribution in [0.4, 0.5) is 0 Å². The third-order valence-corrected chi connectivity index (χ3v) is 2.94. The van der Waals surface area contributed by atoms with E-state index in [0.29, 0.717) is 12.2 Å². The fourth-order valence-electron chi connectivity index (χ4n) is 2.02. The first-order valence-electron chi connectivity index (χ1n) is 6.54. The number of hydrogen-bond acceptors (Lipinski definition) is 4. The van der Waals surface area contributed by atoms with Crippen molar-refractivity contribution in [2.24, 2.45) is 0 Å². The zero-order valence-electron chi connectivity index (χ0n) is 11.8. The summed E-state index contributed by atoms with van der Waals surface area (Å²) in [6.45, 7) is 2.15. The van der Waals surface area contributed by atoms with Crippen molar-refractivity contribution in [2.45, 2.75) is 12.8 Å². The Labute approximate surface area is 123 Å². The normalized spacial score (nSPS) is 13.6. The predicted octanol–water partition coefficient (Wildman–Crippen LogP) is 1.10. The number of nitrogens with one attached hydrogen (secondary N) is 1. The summed E-state index contributed by atoms with van der Waals surface area (Å²) in [5.41, 5.74) is 2.82. The van der Waals surface area contributed by atoms with Crippen molar-refractivity contribution >= 4 is 11.9 Å². The molecular weight excluding hydrogens is 274 g/mol. The van der Waals surface area contributed by atoms with Gasteiger partial charge in [0.1, 0.15) is 5.75 Å². The molecule has 0 saturated heterocycles. The second-order valence-corrected chi connectivity index (χ2v) is 4.36. The minimum absolute atomic E-state index is 0.558. The van der Waals surface area contributed by atoms with Gasteiger partial charge < -0.3 is 20.3 Å². The van der Waals surface area contributed by atoms with Crippen LogP contribution < -0.4 is 10.1 Å². The summed E-state index contributed by atoms with van der Waals surface area (Å²) < 4.78 is 5.34. The molecule has 6 nitrogen and oxygen atoms in total. The highest BCUT2D eigenvalue weighted by molar-refractivity contribution is 5.89. The number of methoxy groups -OCH3 is 1. The molecule has 0 unspecified atom stereocenters. The van der Waals surface area contributed by atoms with Gasteiger partial charge in [-0.2, -0.15) is 0 Å². The van der Waals surface area contributed by atoms with E-state index in [1.54, 1.807) is 7.11 Å². The third kappa shape index (κ3) is 6.09. The van der Waals surface area contributed by atoms with Crippen LogP contribution in [-0.4, -0.2) is 42.4 Å². The van der Waals surface area contributed by atoms with Crippen LogP contribution in [0, 0.1) is 0 Å². The van der Waals surface area contributed by atoms with Gasteiger partial charge in [0, 0.05) is 12.2 Å². The minimum Gasteiger partial charge on any atom is -0.496 e. The molecule has 1 aromatic carbocycles. The van der Waals surface area contributed by atoms with Crippen LogP contribution in [0.25, 0.3) is 0 Å². The van der Waals surface area contributed by atoms with E-state index in [-0.39, 0.29) is 0 Å². The Morgan fingerprint density at radius 1 is 1.14 bits per heavy atom. The van der Waals surface area contributed by atoms with Crippen molar-refractivity contribution in [2.75, 3.05) is 20.2 Å². The van der Waals surface area contributed by atoms with E-state index < -0.39 is 11.9 Å². The third-order valence-electron chi connectivity index (χ3n) is 2.94. The first kappa shape index (κ1) is 16.7. The Bertz CT molecular complexity index is 509. The average Bonchev–Trinajstić information content (AvgIpc) is 2.70. The summed E-state index contributed by atoms with van der Waals surface area (Å²) in [5.74, 6) is -1.47. The van der Waals surface area contributed by atoms with E-state index in [1.807, 2.05) is 6.07 Å². The van der Waals surface area contributed by atoms with Crippen molar-refractivity contribution in [3.8, 4) is 5.75 Å². The predicted molar refractivity (Wildman–Crippen MR) is 77.7 cm³/mol. The Kier molecular flexibility index (Phi) is 6.97. The van der Waals surface area contributed by atoms with Gasteiger partial charge in [0.15, 0.2) is 0 Å². The fourth-order valence-corrected chi connectivity index (χ4v) is 2.02. The maximum atomic E-state index is 9.55. The van der Waals surface area contributed by atoms with Crippen LogP contribution in [0.2, 0.25) is 0 Å². The molecular formula is C15H19NO5. The van der Waals surface area contributed by atoms with Crippen LogP contribution in [0.5, 0.6) is 5.75 Å². The summed E-state index contributed by atoms with van der Waals surface area (Å²) in [5, 5.41) is 19.0. The van der Waals surface area contributed by atoms with Gasteiger partial charge in [-0.1, -0.05) is 12.1 Å². The maximum Gasteiger partial charge on any atom is 0.328 e. The lowest BCUT2D eigenvalue weighted by Crippen LogP contribution is -2.16. The summed E-state index contributed by atoms with van der Waals surface area (Å²) in [7, 11) is 1.74. The Morgan fingerprint density at radius 2 is 1.76 bits per heavy atom. The molecule has 0 spiro atoms. The van der Waals surface area contributed by atoms with E-state index in [2.05, 4.69) is 17.4 Å². The number of aliphatic carboxylic acids is 2. The highest BCUT2D eigenvalue weighted by Gasteiger charge is 2.10. The fraction of sp³-hybridized carbons (Fsp3) is 0.333. The van der Waals surface area contributed by atoms with Gasteiger partial charge in [0.25, 0.3) is 0 Å². The minimum atomic E-state index is -1.26. The Balaban J connectivity index is 0.000000240. The van der Waals surface area contributed by atoms with Crippen LogP contribution in [0.3, 0.4) is 0 Å². The molecule has 0 bridgehead atoms. The second-order valence-electron chi connectivity index (χ2n) is 4.36. The summed E-state index contributed by atoms with van der Waals surface area (Å²) in [6, 6.07) is 6.32. The molecule has 0 radical (unpaired) electrons. The molecule has 2 rings (SSSR count). The molecule has 6 heteroatoms. The molecule has 0 aromatic heterocycles. The number of ether oxygens (including phenoxy) is 1. The topological polar surface area (TPSA) is 95.9 Å². The molecule has 1 aliphatic rings. The highest BCUT2D eigenvalue weighted by Crippen LogP contribution is 2.23. The number of carbonyl (C=O) groups is 2.